The first-order valence-corrected chi connectivity index (χ1v) is 7.48. The van der Waals surface area contributed by atoms with Crippen LogP contribution in [0.4, 0.5) is 10.1 Å². The fourth-order valence-corrected chi connectivity index (χ4v) is 2.54. The molecule has 2 rings (SSSR count). The van der Waals surface area contributed by atoms with Crippen LogP contribution in [0.2, 0.25) is 10.3 Å². The Balaban J connectivity index is 2.49. The number of carbonyl (C=O) groups is 1. The number of carboxylic acids is 1. The summed E-state index contributed by atoms with van der Waals surface area (Å²) in [5.74, 6) is -1.55. The number of aromatic nitrogens is 1. The van der Waals surface area contributed by atoms with Crippen LogP contribution in [0.15, 0.2) is 42.1 Å². The van der Waals surface area contributed by atoms with Crippen LogP contribution in [-0.2, 0) is 4.79 Å². The van der Waals surface area contributed by atoms with Crippen molar-refractivity contribution in [1.82, 2.24) is 4.98 Å². The molecule has 0 fully saturated rings. The molecule has 7 heteroatoms. The van der Waals surface area contributed by atoms with Gasteiger partial charge in [0.15, 0.2) is 0 Å². The molecule has 2 aromatic rings. The largest absolute Gasteiger partial charge is 0.478 e. The molecule has 0 aliphatic carbocycles. The van der Waals surface area contributed by atoms with E-state index >= 15 is 0 Å². The summed E-state index contributed by atoms with van der Waals surface area (Å²) in [7, 11) is 0. The van der Waals surface area contributed by atoms with Crippen LogP contribution in [-0.4, -0.2) is 16.1 Å². The zero-order valence-corrected chi connectivity index (χ0v) is 13.6. The molecule has 120 valence electrons. The highest BCUT2D eigenvalue weighted by Crippen LogP contribution is 2.26. The second kappa shape index (κ2) is 7.44. The van der Waals surface area contributed by atoms with Gasteiger partial charge in [0.25, 0.3) is 0 Å². The molecule has 1 aromatic carbocycles. The predicted octanol–water partition coefficient (Wildman–Crippen LogP) is 4.85. The van der Waals surface area contributed by atoms with E-state index in [1.54, 1.807) is 6.92 Å². The SMILES string of the molecule is CC/C(Nc1cc(Cl)nc(Cl)c1)=C(/C(=O)O)c1ccc(F)cc1. The summed E-state index contributed by atoms with van der Waals surface area (Å²) in [6.07, 6.45) is 0.413. The molecule has 0 unspecified atom stereocenters. The van der Waals surface area contributed by atoms with Crippen molar-refractivity contribution in [3.63, 3.8) is 0 Å². The van der Waals surface area contributed by atoms with Crippen LogP contribution in [0.25, 0.3) is 5.57 Å². The molecule has 23 heavy (non-hydrogen) atoms. The van der Waals surface area contributed by atoms with E-state index in [0.29, 0.717) is 23.4 Å². The Morgan fingerprint density at radius 2 is 1.78 bits per heavy atom. The van der Waals surface area contributed by atoms with E-state index in [0.717, 1.165) is 0 Å². The highest BCUT2D eigenvalue weighted by Gasteiger charge is 2.16. The van der Waals surface area contributed by atoms with Crippen molar-refractivity contribution in [2.24, 2.45) is 0 Å². The molecule has 0 bridgehead atoms. The molecule has 0 saturated carbocycles. The van der Waals surface area contributed by atoms with Gasteiger partial charge in [0.05, 0.1) is 5.57 Å². The zero-order chi connectivity index (χ0) is 17.0. The van der Waals surface area contributed by atoms with Crippen molar-refractivity contribution in [1.29, 1.82) is 0 Å². The number of pyridine rings is 1. The third kappa shape index (κ3) is 4.43. The third-order valence-corrected chi connectivity index (χ3v) is 3.45. The van der Waals surface area contributed by atoms with E-state index in [1.807, 2.05) is 0 Å². The average molecular weight is 355 g/mol. The molecule has 0 spiro atoms. The number of allylic oxidation sites excluding steroid dienone is 1. The summed E-state index contributed by atoms with van der Waals surface area (Å²) in [6.45, 7) is 1.80. The van der Waals surface area contributed by atoms with Crippen LogP contribution in [0, 0.1) is 5.82 Å². The molecule has 0 aliphatic heterocycles. The normalized spacial score (nSPS) is 11.8. The van der Waals surface area contributed by atoms with Gasteiger partial charge in [-0.1, -0.05) is 42.3 Å². The second-order valence-electron chi connectivity index (χ2n) is 4.65. The quantitative estimate of drug-likeness (QED) is 0.595. The lowest BCUT2D eigenvalue weighted by atomic mass is 10.0. The number of carboxylic acid groups (broad SMARTS) is 1. The summed E-state index contributed by atoms with van der Waals surface area (Å²) >= 11 is 11.7. The first-order valence-electron chi connectivity index (χ1n) is 6.73. The number of hydrogen-bond acceptors (Lipinski definition) is 3. The summed E-state index contributed by atoms with van der Waals surface area (Å²) < 4.78 is 13.1. The van der Waals surface area contributed by atoms with E-state index in [1.165, 1.54) is 36.4 Å². The Morgan fingerprint density at radius 1 is 1.22 bits per heavy atom. The van der Waals surface area contributed by atoms with Crippen molar-refractivity contribution >= 4 is 40.4 Å². The van der Waals surface area contributed by atoms with Crippen LogP contribution >= 0.6 is 23.2 Å². The van der Waals surface area contributed by atoms with Crippen LogP contribution in [0.3, 0.4) is 0 Å². The molecule has 0 atom stereocenters. The Bertz CT molecular complexity index is 741. The first-order chi connectivity index (χ1) is 10.9. The highest BCUT2D eigenvalue weighted by molar-refractivity contribution is 6.32. The number of benzene rings is 1. The number of aliphatic carboxylic acids is 1. The Morgan fingerprint density at radius 3 is 2.26 bits per heavy atom. The molecular formula is C16H13Cl2FN2O2. The van der Waals surface area contributed by atoms with E-state index in [4.69, 9.17) is 23.2 Å². The van der Waals surface area contributed by atoms with E-state index < -0.39 is 11.8 Å². The number of anilines is 1. The average Bonchev–Trinajstić information content (AvgIpc) is 2.47. The second-order valence-corrected chi connectivity index (χ2v) is 5.42. The van der Waals surface area contributed by atoms with E-state index in [-0.39, 0.29) is 15.9 Å². The summed E-state index contributed by atoms with van der Waals surface area (Å²) in [5, 5.41) is 12.9. The minimum Gasteiger partial charge on any atom is -0.478 e. The lowest BCUT2D eigenvalue weighted by Crippen LogP contribution is -2.10. The van der Waals surface area contributed by atoms with Gasteiger partial charge in [0.1, 0.15) is 16.1 Å². The molecule has 1 heterocycles. The molecule has 0 radical (unpaired) electrons. The Kier molecular flexibility index (Phi) is 5.58. The molecule has 2 N–H and O–H groups in total. The molecule has 4 nitrogen and oxygen atoms in total. The smallest absolute Gasteiger partial charge is 0.338 e. The number of nitrogens with one attached hydrogen (secondary N) is 1. The van der Waals surface area contributed by atoms with Crippen LogP contribution < -0.4 is 5.32 Å². The lowest BCUT2D eigenvalue weighted by Gasteiger charge is -2.14. The molecule has 1 aromatic heterocycles. The van der Waals surface area contributed by atoms with E-state index in [2.05, 4.69) is 10.3 Å². The van der Waals surface area contributed by atoms with Crippen LogP contribution in [0.1, 0.15) is 18.9 Å². The van der Waals surface area contributed by atoms with Gasteiger partial charge in [-0.15, -0.1) is 0 Å². The maximum Gasteiger partial charge on any atom is 0.338 e. The zero-order valence-electron chi connectivity index (χ0n) is 12.1. The van der Waals surface area contributed by atoms with Crippen molar-refractivity contribution in [2.45, 2.75) is 13.3 Å². The molecule has 0 amide bonds. The van der Waals surface area contributed by atoms with Crippen molar-refractivity contribution in [2.75, 3.05) is 5.32 Å². The molecular weight excluding hydrogens is 342 g/mol. The summed E-state index contributed by atoms with van der Waals surface area (Å²) in [5.41, 5.74) is 1.42. The maximum absolute atomic E-state index is 13.1. The Labute approximate surface area is 142 Å². The topological polar surface area (TPSA) is 62.2 Å². The lowest BCUT2D eigenvalue weighted by molar-refractivity contribution is -0.130. The van der Waals surface area contributed by atoms with E-state index in [9.17, 15) is 14.3 Å². The maximum atomic E-state index is 13.1. The van der Waals surface area contributed by atoms with Crippen molar-refractivity contribution in [3.8, 4) is 0 Å². The van der Waals surface area contributed by atoms with Gasteiger partial charge in [-0.3, -0.25) is 0 Å². The third-order valence-electron chi connectivity index (χ3n) is 3.06. The first kappa shape index (κ1) is 17.2. The van der Waals surface area contributed by atoms with Gasteiger partial charge in [0, 0.05) is 11.4 Å². The monoisotopic (exact) mass is 354 g/mol. The predicted molar refractivity (Wildman–Crippen MR) is 89.1 cm³/mol. The Hall–Kier alpha value is -2.11. The van der Waals surface area contributed by atoms with Gasteiger partial charge in [0.2, 0.25) is 0 Å². The van der Waals surface area contributed by atoms with Gasteiger partial charge < -0.3 is 10.4 Å². The number of nitrogens with zero attached hydrogens (tertiary/aromatic N) is 1. The fraction of sp³-hybridized carbons (Fsp3) is 0.125. The number of halogens is 3. The van der Waals surface area contributed by atoms with Gasteiger partial charge in [-0.2, -0.15) is 0 Å². The minimum absolute atomic E-state index is 0.0524. The minimum atomic E-state index is -1.12. The van der Waals surface area contributed by atoms with Gasteiger partial charge in [-0.25, -0.2) is 14.2 Å². The highest BCUT2D eigenvalue weighted by atomic mass is 35.5. The van der Waals surface area contributed by atoms with Crippen LogP contribution in [0.5, 0.6) is 0 Å². The van der Waals surface area contributed by atoms with Crippen molar-refractivity contribution < 1.29 is 14.3 Å². The standard InChI is InChI=1S/C16H13Cl2FN2O2/c1-2-12(20-11-7-13(17)21-14(18)8-11)15(16(22)23)9-3-5-10(19)6-4-9/h3-8H,2H2,1H3,(H,20,21)(H,22,23)/b15-12-. The number of hydrogen-bond donors (Lipinski definition) is 2. The van der Waals surface area contributed by atoms with Gasteiger partial charge in [-0.05, 0) is 36.2 Å². The fourth-order valence-electron chi connectivity index (χ4n) is 2.08. The summed E-state index contributed by atoms with van der Waals surface area (Å²) in [6, 6.07) is 8.34. The number of rotatable bonds is 5. The van der Waals surface area contributed by atoms with Gasteiger partial charge >= 0.3 is 5.97 Å². The summed E-state index contributed by atoms with van der Waals surface area (Å²) in [4.78, 5) is 15.5. The van der Waals surface area contributed by atoms with Crippen molar-refractivity contribution in [3.05, 3.63) is 63.8 Å². The molecule has 0 saturated heterocycles. The molecule has 0 aliphatic rings.